The van der Waals surface area contributed by atoms with Gasteiger partial charge in [-0.15, -0.1) is 0 Å². The molecule has 1 heterocycles. The van der Waals surface area contributed by atoms with Crippen LogP contribution in [0.25, 0.3) is 0 Å². The van der Waals surface area contributed by atoms with Crippen LogP contribution in [-0.2, 0) is 9.53 Å². The van der Waals surface area contributed by atoms with Crippen LogP contribution in [0, 0.1) is 0 Å². The third kappa shape index (κ3) is 3.47. The number of hydrogen-bond donors (Lipinski definition) is 1. The molecule has 0 saturated carbocycles. The Balaban J connectivity index is 2.48. The van der Waals surface area contributed by atoms with E-state index in [1.54, 1.807) is 0 Å². The van der Waals surface area contributed by atoms with Crippen molar-refractivity contribution in [3.05, 3.63) is 0 Å². The second-order valence-corrected chi connectivity index (χ2v) is 3.98. The summed E-state index contributed by atoms with van der Waals surface area (Å²) >= 11 is 0. The third-order valence-electron chi connectivity index (χ3n) is 2.98. The lowest BCUT2D eigenvalue weighted by Gasteiger charge is -2.28. The van der Waals surface area contributed by atoms with Gasteiger partial charge in [-0.1, -0.05) is 13.8 Å². The Morgan fingerprint density at radius 1 is 1.60 bits per heavy atom. The van der Waals surface area contributed by atoms with Gasteiger partial charge in [-0.05, 0) is 25.8 Å². The van der Waals surface area contributed by atoms with Crippen LogP contribution in [-0.4, -0.2) is 47.8 Å². The van der Waals surface area contributed by atoms with Crippen molar-refractivity contribution in [3.63, 3.8) is 0 Å². The Bertz CT molecular complexity index is 202. The van der Waals surface area contributed by atoms with Crippen LogP contribution in [0.5, 0.6) is 0 Å². The second kappa shape index (κ2) is 6.08. The molecule has 1 rings (SSSR count). The molecule has 0 aromatic carbocycles. The van der Waals surface area contributed by atoms with E-state index < -0.39 is 5.97 Å². The third-order valence-corrected chi connectivity index (χ3v) is 2.98. The lowest BCUT2D eigenvalue weighted by Crippen LogP contribution is -2.44. The largest absolute Gasteiger partial charge is 0.480 e. The first-order valence-electron chi connectivity index (χ1n) is 5.77. The first-order chi connectivity index (χ1) is 7.19. The summed E-state index contributed by atoms with van der Waals surface area (Å²) < 4.78 is 5.53. The van der Waals surface area contributed by atoms with Gasteiger partial charge < -0.3 is 9.84 Å². The van der Waals surface area contributed by atoms with E-state index >= 15 is 0 Å². The zero-order valence-corrected chi connectivity index (χ0v) is 9.61. The van der Waals surface area contributed by atoms with Gasteiger partial charge in [0.1, 0.15) is 6.04 Å². The highest BCUT2D eigenvalue weighted by Gasteiger charge is 2.26. The zero-order valence-electron chi connectivity index (χ0n) is 9.61. The predicted octanol–water partition coefficient (Wildman–Crippen LogP) is 1.35. The van der Waals surface area contributed by atoms with Gasteiger partial charge in [0.15, 0.2) is 0 Å². The Labute approximate surface area is 91.2 Å². The molecule has 2 atom stereocenters. The van der Waals surface area contributed by atoms with Crippen LogP contribution < -0.4 is 0 Å². The van der Waals surface area contributed by atoms with E-state index in [-0.39, 0.29) is 12.1 Å². The molecule has 0 radical (unpaired) electrons. The molecule has 0 spiro atoms. The predicted molar refractivity (Wildman–Crippen MR) is 57.9 cm³/mol. The minimum absolute atomic E-state index is 0.235. The minimum atomic E-state index is -0.725. The molecular formula is C11H21NO3. The molecule has 1 N–H and O–H groups in total. The number of carboxylic acid groups (broad SMARTS) is 1. The van der Waals surface area contributed by atoms with Crippen LogP contribution in [0.4, 0.5) is 0 Å². The summed E-state index contributed by atoms with van der Waals surface area (Å²) in [5.41, 5.74) is 0. The fourth-order valence-corrected chi connectivity index (χ4v) is 2.12. The lowest BCUT2D eigenvalue weighted by molar-refractivity contribution is -0.143. The Morgan fingerprint density at radius 2 is 2.33 bits per heavy atom. The van der Waals surface area contributed by atoms with Gasteiger partial charge in [-0.2, -0.15) is 0 Å². The Hall–Kier alpha value is -0.610. The van der Waals surface area contributed by atoms with Crippen molar-refractivity contribution in [1.29, 1.82) is 0 Å². The topological polar surface area (TPSA) is 49.8 Å². The Morgan fingerprint density at radius 3 is 2.73 bits per heavy atom. The lowest BCUT2D eigenvalue weighted by atomic mass is 10.1. The van der Waals surface area contributed by atoms with Gasteiger partial charge in [0.2, 0.25) is 0 Å². The number of nitrogens with zero attached hydrogens (tertiary/aromatic N) is 1. The molecule has 1 aliphatic heterocycles. The van der Waals surface area contributed by atoms with E-state index in [0.717, 1.165) is 32.5 Å². The summed E-state index contributed by atoms with van der Waals surface area (Å²) in [6, 6.07) is -0.362. The van der Waals surface area contributed by atoms with Crippen LogP contribution >= 0.6 is 0 Å². The quantitative estimate of drug-likeness (QED) is 0.726. The molecule has 4 heteroatoms. The maximum Gasteiger partial charge on any atom is 0.320 e. The number of carboxylic acids is 1. The smallest absolute Gasteiger partial charge is 0.320 e. The number of ether oxygens (including phenoxy) is 1. The van der Waals surface area contributed by atoms with Crippen molar-refractivity contribution < 1.29 is 14.6 Å². The molecule has 4 nitrogen and oxygen atoms in total. The van der Waals surface area contributed by atoms with E-state index in [1.807, 2.05) is 18.7 Å². The van der Waals surface area contributed by atoms with Crippen molar-refractivity contribution in [3.8, 4) is 0 Å². The van der Waals surface area contributed by atoms with Gasteiger partial charge in [0.05, 0.1) is 6.10 Å². The molecule has 1 saturated heterocycles. The summed E-state index contributed by atoms with van der Waals surface area (Å²) in [6.45, 7) is 6.26. The van der Waals surface area contributed by atoms with Crippen LogP contribution in [0.2, 0.25) is 0 Å². The van der Waals surface area contributed by atoms with Crippen molar-refractivity contribution in [2.45, 2.75) is 45.3 Å². The molecule has 0 amide bonds. The molecule has 0 aromatic rings. The summed E-state index contributed by atoms with van der Waals surface area (Å²) in [5, 5.41) is 9.07. The van der Waals surface area contributed by atoms with E-state index in [4.69, 9.17) is 9.84 Å². The van der Waals surface area contributed by atoms with Crippen molar-refractivity contribution in [2.24, 2.45) is 0 Å². The fraction of sp³-hybridized carbons (Fsp3) is 0.909. The maximum atomic E-state index is 11.0. The van der Waals surface area contributed by atoms with Gasteiger partial charge in [-0.3, -0.25) is 9.69 Å². The molecule has 15 heavy (non-hydrogen) atoms. The average Bonchev–Trinajstić information content (AvgIpc) is 2.69. The number of carbonyl (C=O) groups is 1. The highest BCUT2D eigenvalue weighted by atomic mass is 16.5. The number of rotatable bonds is 6. The van der Waals surface area contributed by atoms with Crippen molar-refractivity contribution >= 4 is 5.97 Å². The molecule has 1 fully saturated rings. The number of aliphatic carboxylic acids is 1. The maximum absolute atomic E-state index is 11.0. The minimum Gasteiger partial charge on any atom is -0.480 e. The fourth-order valence-electron chi connectivity index (χ4n) is 2.12. The van der Waals surface area contributed by atoms with Gasteiger partial charge in [0.25, 0.3) is 0 Å². The Kier molecular flexibility index (Phi) is 5.05. The van der Waals surface area contributed by atoms with Crippen LogP contribution in [0.3, 0.4) is 0 Å². The summed E-state index contributed by atoms with van der Waals surface area (Å²) in [5.74, 6) is -0.725. The summed E-state index contributed by atoms with van der Waals surface area (Å²) in [6.07, 6.45) is 3.05. The SMILES string of the molecule is CCC(C(=O)O)N(CC)CC1CCCO1. The average molecular weight is 215 g/mol. The normalized spacial score (nSPS) is 23.3. The second-order valence-electron chi connectivity index (χ2n) is 3.98. The van der Waals surface area contributed by atoms with Crippen LogP contribution in [0.15, 0.2) is 0 Å². The molecule has 2 unspecified atom stereocenters. The van der Waals surface area contributed by atoms with Gasteiger partial charge in [0, 0.05) is 13.2 Å². The molecular weight excluding hydrogens is 194 g/mol. The molecule has 88 valence electrons. The first-order valence-corrected chi connectivity index (χ1v) is 5.77. The molecule has 1 aliphatic rings. The van der Waals surface area contributed by atoms with Crippen molar-refractivity contribution in [1.82, 2.24) is 4.90 Å². The first kappa shape index (κ1) is 12.5. The monoisotopic (exact) mass is 215 g/mol. The molecule has 0 aromatic heterocycles. The number of likely N-dealkylation sites (N-methyl/N-ethyl adjacent to an activating group) is 1. The summed E-state index contributed by atoms with van der Waals surface area (Å²) in [7, 11) is 0. The van der Waals surface area contributed by atoms with Crippen LogP contribution in [0.1, 0.15) is 33.1 Å². The molecule has 0 bridgehead atoms. The highest BCUT2D eigenvalue weighted by Crippen LogP contribution is 2.15. The van der Waals surface area contributed by atoms with E-state index in [2.05, 4.69) is 0 Å². The van der Waals surface area contributed by atoms with E-state index in [0.29, 0.717) is 6.42 Å². The van der Waals surface area contributed by atoms with Gasteiger partial charge >= 0.3 is 5.97 Å². The zero-order chi connectivity index (χ0) is 11.3. The highest BCUT2D eigenvalue weighted by molar-refractivity contribution is 5.73. The standard InChI is InChI=1S/C11H21NO3/c1-3-10(11(13)14)12(4-2)8-9-6-5-7-15-9/h9-10H,3-8H2,1-2H3,(H,13,14). The van der Waals surface area contributed by atoms with E-state index in [9.17, 15) is 4.79 Å². The number of hydrogen-bond acceptors (Lipinski definition) is 3. The van der Waals surface area contributed by atoms with E-state index in [1.165, 1.54) is 0 Å². The van der Waals surface area contributed by atoms with Crippen molar-refractivity contribution in [2.75, 3.05) is 19.7 Å². The summed E-state index contributed by atoms with van der Waals surface area (Å²) in [4.78, 5) is 13.0. The molecule has 0 aliphatic carbocycles. The van der Waals surface area contributed by atoms with Gasteiger partial charge in [-0.25, -0.2) is 0 Å².